The zero-order chi connectivity index (χ0) is 19.5. The summed E-state index contributed by atoms with van der Waals surface area (Å²) in [5, 5.41) is 16.0. The van der Waals surface area contributed by atoms with Gasteiger partial charge in [-0.2, -0.15) is 5.10 Å². The molecule has 0 saturated heterocycles. The van der Waals surface area contributed by atoms with Crippen LogP contribution < -0.4 is 0 Å². The van der Waals surface area contributed by atoms with Crippen molar-refractivity contribution in [2.24, 2.45) is 0 Å². The van der Waals surface area contributed by atoms with Gasteiger partial charge in [-0.25, -0.2) is 9.36 Å². The van der Waals surface area contributed by atoms with Gasteiger partial charge < -0.3 is 0 Å². The van der Waals surface area contributed by atoms with E-state index in [9.17, 15) is 4.79 Å². The lowest BCUT2D eigenvalue weighted by molar-refractivity contribution is 0.104. The van der Waals surface area contributed by atoms with E-state index in [4.69, 9.17) is 11.6 Å². The smallest absolute Gasteiger partial charge is 0.185 e. The highest BCUT2D eigenvalue weighted by molar-refractivity contribution is 6.31. The minimum atomic E-state index is -0.155. The number of halogens is 1. The molecule has 4 rings (SSSR count). The number of aryl methyl sites for hydroxylation is 1. The van der Waals surface area contributed by atoms with Crippen LogP contribution in [0.5, 0.6) is 0 Å². The maximum atomic E-state index is 12.6. The first-order chi connectivity index (χ1) is 13.6. The molecule has 0 fully saturated rings. The summed E-state index contributed by atoms with van der Waals surface area (Å²) < 4.78 is 3.14. The third-order valence-corrected chi connectivity index (χ3v) is 4.56. The Kier molecular flexibility index (Phi) is 4.82. The number of hydrogen-bond acceptors (Lipinski definition) is 5. The molecule has 0 radical (unpaired) electrons. The third-order valence-electron chi connectivity index (χ3n) is 4.19. The molecule has 8 heteroatoms. The first-order valence-corrected chi connectivity index (χ1v) is 8.87. The Labute approximate surface area is 165 Å². The predicted octanol–water partition coefficient (Wildman–Crippen LogP) is 3.71. The first kappa shape index (κ1) is 17.8. The number of hydrogen-bond donors (Lipinski definition) is 0. The van der Waals surface area contributed by atoms with E-state index in [1.165, 1.54) is 17.1 Å². The van der Waals surface area contributed by atoms with Crippen LogP contribution >= 0.6 is 11.6 Å². The summed E-state index contributed by atoms with van der Waals surface area (Å²) in [6.45, 7) is 1.85. The van der Waals surface area contributed by atoms with Crippen LogP contribution in [0.2, 0.25) is 5.15 Å². The highest BCUT2D eigenvalue weighted by Gasteiger charge is 2.13. The lowest BCUT2D eigenvalue weighted by atomic mass is 10.1. The summed E-state index contributed by atoms with van der Waals surface area (Å²) in [5.41, 5.74) is 3.52. The largest absolute Gasteiger partial charge is 0.289 e. The van der Waals surface area contributed by atoms with E-state index in [2.05, 4.69) is 20.6 Å². The highest BCUT2D eigenvalue weighted by Crippen LogP contribution is 2.25. The molecule has 0 aliphatic carbocycles. The van der Waals surface area contributed by atoms with Crippen LogP contribution in [0.3, 0.4) is 0 Å². The number of carbonyl (C=O) groups excluding carboxylic acids is 1. The molecule has 0 aliphatic rings. The van der Waals surface area contributed by atoms with Gasteiger partial charge in [0.1, 0.15) is 11.5 Å². The molecule has 138 valence electrons. The lowest BCUT2D eigenvalue weighted by Crippen LogP contribution is -1.99. The number of para-hydroxylation sites is 1. The number of benzene rings is 2. The van der Waals surface area contributed by atoms with Gasteiger partial charge in [0.15, 0.2) is 5.78 Å². The Morgan fingerprint density at radius 2 is 1.86 bits per heavy atom. The summed E-state index contributed by atoms with van der Waals surface area (Å²) in [6, 6.07) is 16.7. The van der Waals surface area contributed by atoms with Gasteiger partial charge in [-0.1, -0.05) is 41.9 Å². The molecule has 0 bridgehead atoms. The molecule has 4 aromatic rings. The van der Waals surface area contributed by atoms with Crippen molar-refractivity contribution in [1.82, 2.24) is 30.0 Å². The van der Waals surface area contributed by atoms with Gasteiger partial charge in [-0.15, -0.1) is 5.10 Å². The number of tetrazole rings is 1. The number of rotatable bonds is 5. The van der Waals surface area contributed by atoms with Gasteiger partial charge in [-0.05, 0) is 53.8 Å². The fourth-order valence-corrected chi connectivity index (χ4v) is 3.11. The second kappa shape index (κ2) is 7.58. The van der Waals surface area contributed by atoms with E-state index in [1.807, 2.05) is 43.3 Å². The molecule has 0 N–H and O–H groups in total. The maximum absolute atomic E-state index is 12.6. The van der Waals surface area contributed by atoms with E-state index >= 15 is 0 Å². The number of allylic oxidation sites excluding steroid dienone is 1. The van der Waals surface area contributed by atoms with Crippen LogP contribution in [-0.2, 0) is 0 Å². The molecule has 2 heterocycles. The molecule has 28 heavy (non-hydrogen) atoms. The molecule has 2 aromatic carbocycles. The zero-order valence-electron chi connectivity index (χ0n) is 14.9. The second-order valence-electron chi connectivity index (χ2n) is 6.04. The number of ketones is 1. The SMILES string of the molecule is Cc1nn(-c2ccccc2)c(Cl)c1/C=C/C(=O)c1cccc(-n2cnnn2)c1. The quantitative estimate of drug-likeness (QED) is 0.383. The van der Waals surface area contributed by atoms with Crippen LogP contribution in [0.4, 0.5) is 0 Å². The first-order valence-electron chi connectivity index (χ1n) is 8.50. The van der Waals surface area contributed by atoms with Crippen LogP contribution in [-0.4, -0.2) is 35.8 Å². The molecular formula is C20H15ClN6O. The van der Waals surface area contributed by atoms with E-state index in [0.29, 0.717) is 22.0 Å². The average molecular weight is 391 g/mol. The van der Waals surface area contributed by atoms with Crippen molar-refractivity contribution in [2.45, 2.75) is 6.92 Å². The van der Waals surface area contributed by atoms with E-state index < -0.39 is 0 Å². The van der Waals surface area contributed by atoms with E-state index in [0.717, 1.165) is 11.4 Å². The van der Waals surface area contributed by atoms with Crippen molar-refractivity contribution >= 4 is 23.5 Å². The summed E-state index contributed by atoms with van der Waals surface area (Å²) in [5.74, 6) is -0.155. The Bertz CT molecular complexity index is 1150. The number of carbonyl (C=O) groups is 1. The third kappa shape index (κ3) is 3.47. The van der Waals surface area contributed by atoms with Gasteiger partial charge in [-0.3, -0.25) is 4.79 Å². The Morgan fingerprint density at radius 3 is 2.61 bits per heavy atom. The van der Waals surface area contributed by atoms with Crippen molar-refractivity contribution in [3.8, 4) is 11.4 Å². The summed E-state index contributed by atoms with van der Waals surface area (Å²) in [6.07, 6.45) is 4.65. The van der Waals surface area contributed by atoms with E-state index in [1.54, 1.807) is 29.0 Å². The van der Waals surface area contributed by atoms with Crippen LogP contribution in [0.15, 0.2) is 67.0 Å². The summed E-state index contributed by atoms with van der Waals surface area (Å²) >= 11 is 6.50. The standard InChI is InChI=1S/C20H15ClN6O/c1-14-18(20(21)27(23-14)16-7-3-2-4-8-16)10-11-19(28)15-6-5-9-17(12-15)26-13-22-24-25-26/h2-13H,1H3/b11-10+. The van der Waals surface area contributed by atoms with Crippen molar-refractivity contribution < 1.29 is 4.79 Å². The number of aromatic nitrogens is 6. The van der Waals surface area contributed by atoms with Gasteiger partial charge >= 0.3 is 0 Å². The van der Waals surface area contributed by atoms with Crippen LogP contribution in [0, 0.1) is 6.92 Å². The van der Waals surface area contributed by atoms with Crippen molar-refractivity contribution in [2.75, 3.05) is 0 Å². The molecule has 0 atom stereocenters. The van der Waals surface area contributed by atoms with Crippen LogP contribution in [0.1, 0.15) is 21.6 Å². The maximum Gasteiger partial charge on any atom is 0.185 e. The topological polar surface area (TPSA) is 78.5 Å². The van der Waals surface area contributed by atoms with Gasteiger partial charge in [0, 0.05) is 11.1 Å². The zero-order valence-corrected chi connectivity index (χ0v) is 15.7. The molecule has 0 saturated carbocycles. The Hall–Kier alpha value is -3.58. The minimum absolute atomic E-state index is 0.155. The van der Waals surface area contributed by atoms with Crippen molar-refractivity contribution in [1.29, 1.82) is 0 Å². The average Bonchev–Trinajstić information content (AvgIpc) is 3.36. The summed E-state index contributed by atoms with van der Waals surface area (Å²) in [7, 11) is 0. The van der Waals surface area contributed by atoms with E-state index in [-0.39, 0.29) is 5.78 Å². The van der Waals surface area contributed by atoms with Crippen molar-refractivity contribution in [3.63, 3.8) is 0 Å². The highest BCUT2D eigenvalue weighted by atomic mass is 35.5. The van der Waals surface area contributed by atoms with Crippen LogP contribution in [0.25, 0.3) is 17.5 Å². The monoisotopic (exact) mass is 390 g/mol. The minimum Gasteiger partial charge on any atom is -0.289 e. The van der Waals surface area contributed by atoms with Crippen molar-refractivity contribution in [3.05, 3.63) is 89.0 Å². The van der Waals surface area contributed by atoms with Gasteiger partial charge in [0.05, 0.1) is 17.1 Å². The molecular weight excluding hydrogens is 376 g/mol. The molecule has 2 aromatic heterocycles. The molecule has 7 nitrogen and oxygen atoms in total. The van der Waals surface area contributed by atoms with Gasteiger partial charge in [0.25, 0.3) is 0 Å². The molecule has 0 aliphatic heterocycles. The molecule has 0 unspecified atom stereocenters. The fraction of sp³-hybridized carbons (Fsp3) is 0.0500. The second-order valence-corrected chi connectivity index (χ2v) is 6.40. The Balaban J connectivity index is 1.61. The fourth-order valence-electron chi connectivity index (χ4n) is 2.78. The normalized spacial score (nSPS) is 11.2. The predicted molar refractivity (Wildman–Crippen MR) is 106 cm³/mol. The van der Waals surface area contributed by atoms with Gasteiger partial charge in [0.2, 0.25) is 0 Å². The molecule has 0 amide bonds. The molecule has 0 spiro atoms. The Morgan fingerprint density at radius 1 is 1.07 bits per heavy atom. The summed E-state index contributed by atoms with van der Waals surface area (Å²) in [4.78, 5) is 12.6. The lowest BCUT2D eigenvalue weighted by Gasteiger charge is -2.02. The number of nitrogens with zero attached hydrogens (tertiary/aromatic N) is 6.